The maximum absolute atomic E-state index is 12.7. The van der Waals surface area contributed by atoms with Gasteiger partial charge in [-0.05, 0) is 61.0 Å². The first-order valence-corrected chi connectivity index (χ1v) is 11.0. The van der Waals surface area contributed by atoms with Crippen molar-refractivity contribution in [1.29, 1.82) is 5.41 Å². The van der Waals surface area contributed by atoms with Gasteiger partial charge in [0.15, 0.2) is 5.84 Å². The summed E-state index contributed by atoms with van der Waals surface area (Å²) in [4.78, 5) is 16.8. The third-order valence-corrected chi connectivity index (χ3v) is 6.55. The third-order valence-electron chi connectivity index (χ3n) is 5.20. The van der Waals surface area contributed by atoms with Crippen molar-refractivity contribution in [2.75, 3.05) is 0 Å². The van der Waals surface area contributed by atoms with Gasteiger partial charge >= 0.3 is 0 Å². The summed E-state index contributed by atoms with van der Waals surface area (Å²) >= 11 is 7.50. The van der Waals surface area contributed by atoms with Crippen LogP contribution in [-0.4, -0.2) is 27.0 Å². The summed E-state index contributed by atoms with van der Waals surface area (Å²) in [5, 5.41) is 16.2. The Balaban J connectivity index is 1.45. The number of nitrogens with zero attached hydrogens (tertiary/aromatic N) is 3. The summed E-state index contributed by atoms with van der Waals surface area (Å²) in [6.45, 7) is 3.93. The van der Waals surface area contributed by atoms with Gasteiger partial charge in [-0.1, -0.05) is 48.0 Å². The maximum atomic E-state index is 12.7. The first-order chi connectivity index (χ1) is 15.4. The number of furan rings is 1. The molecule has 5 rings (SSSR count). The van der Waals surface area contributed by atoms with Crippen LogP contribution in [0.3, 0.4) is 0 Å². The third kappa shape index (κ3) is 3.59. The fourth-order valence-corrected chi connectivity index (χ4v) is 4.55. The lowest BCUT2D eigenvalue weighted by molar-refractivity contribution is -0.114. The molecule has 1 N–H and O–H groups in total. The molecule has 2 aromatic carbocycles. The lowest BCUT2D eigenvalue weighted by Crippen LogP contribution is -2.35. The highest BCUT2D eigenvalue weighted by molar-refractivity contribution is 8.27. The molecule has 6 nitrogen and oxygen atoms in total. The highest BCUT2D eigenvalue weighted by Gasteiger charge is 2.36. The summed E-state index contributed by atoms with van der Waals surface area (Å²) in [7, 11) is 0. The molecule has 32 heavy (non-hydrogen) atoms. The second-order valence-electron chi connectivity index (χ2n) is 7.41. The van der Waals surface area contributed by atoms with Crippen LogP contribution in [0.15, 0.2) is 74.7 Å². The molecule has 0 saturated heterocycles. The number of amides is 1. The number of amidine groups is 2. The number of aliphatic imine (C=N–C) groups is 1. The Morgan fingerprint density at radius 1 is 1.09 bits per heavy atom. The van der Waals surface area contributed by atoms with Crippen LogP contribution in [0.25, 0.3) is 17.4 Å². The number of thioether (sulfide) groups is 1. The van der Waals surface area contributed by atoms with E-state index in [0.29, 0.717) is 26.8 Å². The number of rotatable bonds is 3. The Hall–Kier alpha value is -3.42. The molecule has 8 heteroatoms. The van der Waals surface area contributed by atoms with E-state index >= 15 is 0 Å². The number of hydrogen-bond acceptors (Lipinski definition) is 5. The van der Waals surface area contributed by atoms with Crippen LogP contribution in [0.2, 0.25) is 5.02 Å². The number of carbonyl (C=O) groups excluding carboxylic acids is 1. The van der Waals surface area contributed by atoms with E-state index in [0.717, 1.165) is 22.3 Å². The first kappa shape index (κ1) is 20.5. The highest BCUT2D eigenvalue weighted by atomic mass is 35.5. The Labute approximate surface area is 193 Å². The van der Waals surface area contributed by atoms with E-state index in [1.165, 1.54) is 22.8 Å². The average molecular weight is 461 g/mol. The Morgan fingerprint density at radius 3 is 2.69 bits per heavy atom. The SMILES string of the molecule is Cc1ccc(-c2ccc(C=C3C(=N)N4N=C(c5ccccc5C)SC4=NC3=O)o2)cc1Cl. The topological polar surface area (TPSA) is 82.0 Å². The first-order valence-electron chi connectivity index (χ1n) is 9.83. The molecule has 3 aromatic rings. The number of hydrogen-bond donors (Lipinski definition) is 1. The Bertz CT molecular complexity index is 1390. The number of aryl methyl sites for hydroxylation is 2. The maximum Gasteiger partial charge on any atom is 0.283 e. The van der Waals surface area contributed by atoms with Gasteiger partial charge in [0, 0.05) is 16.1 Å². The Morgan fingerprint density at radius 2 is 1.91 bits per heavy atom. The molecular weight excluding hydrogens is 444 g/mol. The molecule has 0 atom stereocenters. The summed E-state index contributed by atoms with van der Waals surface area (Å²) < 4.78 is 5.89. The number of benzene rings is 2. The van der Waals surface area contributed by atoms with Gasteiger partial charge in [-0.15, -0.1) is 0 Å². The van der Waals surface area contributed by atoms with E-state index in [2.05, 4.69) is 10.1 Å². The number of halogens is 1. The van der Waals surface area contributed by atoms with Crippen LogP contribution < -0.4 is 0 Å². The summed E-state index contributed by atoms with van der Waals surface area (Å²) in [6, 6.07) is 17.1. The van der Waals surface area contributed by atoms with Crippen LogP contribution in [0, 0.1) is 19.3 Å². The van der Waals surface area contributed by atoms with Crippen molar-refractivity contribution >= 4 is 51.4 Å². The van der Waals surface area contributed by atoms with Crippen molar-refractivity contribution < 1.29 is 9.21 Å². The number of carbonyl (C=O) groups is 1. The molecule has 2 aliphatic heterocycles. The van der Waals surface area contributed by atoms with Crippen molar-refractivity contribution in [3.63, 3.8) is 0 Å². The van der Waals surface area contributed by atoms with Gasteiger partial charge in [-0.2, -0.15) is 15.1 Å². The van der Waals surface area contributed by atoms with Crippen molar-refractivity contribution in [2.45, 2.75) is 13.8 Å². The van der Waals surface area contributed by atoms with E-state index in [9.17, 15) is 4.79 Å². The van der Waals surface area contributed by atoms with Crippen LogP contribution in [-0.2, 0) is 4.79 Å². The van der Waals surface area contributed by atoms with Gasteiger partial charge in [-0.3, -0.25) is 10.2 Å². The van der Waals surface area contributed by atoms with Crippen LogP contribution in [0.5, 0.6) is 0 Å². The monoisotopic (exact) mass is 460 g/mol. The van der Waals surface area contributed by atoms with Gasteiger partial charge in [-0.25, -0.2) is 0 Å². The van der Waals surface area contributed by atoms with E-state index in [-0.39, 0.29) is 11.4 Å². The molecule has 0 unspecified atom stereocenters. The molecule has 158 valence electrons. The van der Waals surface area contributed by atoms with Gasteiger partial charge in [0.2, 0.25) is 5.17 Å². The lowest BCUT2D eigenvalue weighted by Gasteiger charge is -2.19. The number of nitrogens with one attached hydrogen (secondary N) is 1. The molecule has 1 amide bonds. The number of hydrazone groups is 1. The largest absolute Gasteiger partial charge is 0.457 e. The minimum Gasteiger partial charge on any atom is -0.457 e. The zero-order chi connectivity index (χ0) is 22.4. The molecule has 0 saturated carbocycles. The summed E-state index contributed by atoms with van der Waals surface area (Å²) in [6.07, 6.45) is 1.52. The predicted molar refractivity (Wildman–Crippen MR) is 129 cm³/mol. The fraction of sp³-hybridized carbons (Fsp3) is 0.0833. The van der Waals surface area contributed by atoms with E-state index in [4.69, 9.17) is 21.4 Å². The zero-order valence-electron chi connectivity index (χ0n) is 17.2. The second-order valence-corrected chi connectivity index (χ2v) is 8.77. The van der Waals surface area contributed by atoms with E-state index < -0.39 is 5.91 Å². The summed E-state index contributed by atoms with van der Waals surface area (Å²) in [5.41, 5.74) is 3.94. The van der Waals surface area contributed by atoms with Crippen LogP contribution >= 0.6 is 23.4 Å². The molecule has 0 aliphatic carbocycles. The van der Waals surface area contributed by atoms with Crippen LogP contribution in [0.1, 0.15) is 22.5 Å². The quantitative estimate of drug-likeness (QED) is 0.494. The smallest absolute Gasteiger partial charge is 0.283 e. The highest BCUT2D eigenvalue weighted by Crippen LogP contribution is 2.33. The van der Waals surface area contributed by atoms with Crippen molar-refractivity contribution in [2.24, 2.45) is 10.1 Å². The molecule has 0 radical (unpaired) electrons. The van der Waals surface area contributed by atoms with Gasteiger partial charge in [0.05, 0.1) is 5.57 Å². The van der Waals surface area contributed by atoms with Crippen molar-refractivity contribution in [3.05, 3.63) is 87.6 Å². The van der Waals surface area contributed by atoms with Crippen LogP contribution in [0.4, 0.5) is 0 Å². The average Bonchev–Trinajstić information content (AvgIpc) is 3.41. The zero-order valence-corrected chi connectivity index (χ0v) is 18.8. The lowest BCUT2D eigenvalue weighted by atomic mass is 10.1. The fourth-order valence-electron chi connectivity index (χ4n) is 3.39. The van der Waals surface area contributed by atoms with E-state index in [1.807, 2.05) is 56.3 Å². The van der Waals surface area contributed by atoms with Crippen molar-refractivity contribution in [3.8, 4) is 11.3 Å². The second kappa shape index (κ2) is 7.93. The molecule has 2 aliphatic rings. The minimum absolute atomic E-state index is 0.0348. The standard InChI is InChI=1S/C24H17ClN4O2S/c1-13-5-3-4-6-17(13)23-28-29-21(26)18(22(30)27-24(29)32-23)12-16-9-10-20(31-16)15-8-7-14(2)19(25)11-15/h3-12,26H,1-2H3. The minimum atomic E-state index is -0.494. The van der Waals surface area contributed by atoms with Crippen molar-refractivity contribution in [1.82, 2.24) is 5.01 Å². The molecule has 0 fully saturated rings. The van der Waals surface area contributed by atoms with Gasteiger partial charge in [0.1, 0.15) is 16.6 Å². The molecule has 1 aromatic heterocycles. The molecule has 0 bridgehead atoms. The Kier molecular flexibility index (Phi) is 5.07. The normalized spacial score (nSPS) is 17.0. The van der Waals surface area contributed by atoms with E-state index in [1.54, 1.807) is 12.1 Å². The predicted octanol–water partition coefficient (Wildman–Crippen LogP) is 5.88. The summed E-state index contributed by atoms with van der Waals surface area (Å²) in [5.74, 6) is 0.534. The molecule has 3 heterocycles. The molecule has 0 spiro atoms. The van der Waals surface area contributed by atoms with Gasteiger partial charge < -0.3 is 4.42 Å². The van der Waals surface area contributed by atoms with Gasteiger partial charge in [0.25, 0.3) is 5.91 Å². The molecular formula is C24H17ClN4O2S. The number of fused-ring (bicyclic) bond motifs is 1.